The molecule has 0 unspecified atom stereocenters. The van der Waals surface area contributed by atoms with Crippen LogP contribution >= 0.6 is 11.8 Å². The van der Waals surface area contributed by atoms with Gasteiger partial charge in [0.25, 0.3) is 5.82 Å². The highest BCUT2D eigenvalue weighted by molar-refractivity contribution is 7.99. The number of carbonyl (C=O) groups excluding carboxylic acids is 1. The van der Waals surface area contributed by atoms with E-state index in [4.69, 9.17) is 11.0 Å². The molecule has 0 saturated heterocycles. The Hall–Kier alpha value is -3.03. The Bertz CT molecular complexity index is 894. The minimum atomic E-state index is -0.126. The fourth-order valence-electron chi connectivity index (χ4n) is 2.44. The first-order valence-corrected chi connectivity index (χ1v) is 9.57. The number of benzene rings is 1. The van der Waals surface area contributed by atoms with E-state index in [1.165, 1.54) is 29.0 Å². The molecule has 0 saturated carbocycles. The predicted octanol–water partition coefficient (Wildman–Crippen LogP) is 2.40. The average molecular weight is 380 g/mol. The molecule has 138 valence electrons. The Kier molecular flexibility index (Phi) is 7.22. The number of nitrogens with one attached hydrogen (secondary N) is 2. The summed E-state index contributed by atoms with van der Waals surface area (Å²) in [5.74, 6) is 0.716. The van der Waals surface area contributed by atoms with Crippen molar-refractivity contribution >= 4 is 23.5 Å². The highest BCUT2D eigenvalue weighted by atomic mass is 32.2. The number of nitrogen functional groups attached to an aromatic ring is 1. The van der Waals surface area contributed by atoms with E-state index in [9.17, 15) is 10.1 Å². The van der Waals surface area contributed by atoms with Crippen molar-refractivity contribution in [1.29, 1.82) is 10.5 Å². The van der Waals surface area contributed by atoms with Crippen molar-refractivity contribution in [2.45, 2.75) is 31.2 Å². The highest BCUT2D eigenvalue weighted by Crippen LogP contribution is 2.20. The summed E-state index contributed by atoms with van der Waals surface area (Å²) in [6.07, 6.45) is 0.758. The van der Waals surface area contributed by atoms with Gasteiger partial charge in [0.05, 0.1) is 5.75 Å². The van der Waals surface area contributed by atoms with Gasteiger partial charge in [-0.3, -0.25) is 10.5 Å². The summed E-state index contributed by atoms with van der Waals surface area (Å²) in [6, 6.07) is 13.8. The molecule has 0 fully saturated rings. The van der Waals surface area contributed by atoms with Crippen LogP contribution in [0.3, 0.4) is 0 Å². The molecular formula is C20H22N5OS+. The lowest BCUT2D eigenvalue weighted by molar-refractivity contribution is -0.410. The van der Waals surface area contributed by atoms with E-state index >= 15 is 0 Å². The lowest BCUT2D eigenvalue weighted by Crippen LogP contribution is -2.28. The van der Waals surface area contributed by atoms with Gasteiger partial charge in [0.15, 0.2) is 5.03 Å². The van der Waals surface area contributed by atoms with Crippen LogP contribution in [0.2, 0.25) is 0 Å². The normalized spacial score (nSPS) is 10.3. The summed E-state index contributed by atoms with van der Waals surface area (Å²) in [7, 11) is 0. The molecule has 0 aliphatic rings. The van der Waals surface area contributed by atoms with E-state index in [-0.39, 0.29) is 23.0 Å². The van der Waals surface area contributed by atoms with Gasteiger partial charge in [0.1, 0.15) is 23.3 Å². The summed E-state index contributed by atoms with van der Waals surface area (Å²) in [5, 5.41) is 21.5. The molecule has 7 heteroatoms. The molecule has 1 amide bonds. The zero-order valence-electron chi connectivity index (χ0n) is 15.4. The monoisotopic (exact) mass is 380 g/mol. The second kappa shape index (κ2) is 9.61. The maximum absolute atomic E-state index is 12.0. The molecule has 4 N–H and O–H groups in total. The number of rotatable bonds is 7. The molecule has 1 heterocycles. The third kappa shape index (κ3) is 5.73. The van der Waals surface area contributed by atoms with E-state index < -0.39 is 0 Å². The van der Waals surface area contributed by atoms with Crippen LogP contribution in [-0.4, -0.2) is 18.2 Å². The van der Waals surface area contributed by atoms with Gasteiger partial charge < -0.3 is 5.32 Å². The maximum Gasteiger partial charge on any atom is 0.289 e. The van der Waals surface area contributed by atoms with Crippen LogP contribution < -0.4 is 16.0 Å². The fraction of sp³-hybridized carbons (Fsp3) is 0.300. The van der Waals surface area contributed by atoms with Crippen LogP contribution in [-0.2, 0) is 11.2 Å². The molecule has 0 bridgehead atoms. The largest absolute Gasteiger partial charge is 0.355 e. The number of nitrogens with two attached hydrogens (primary N) is 1. The zero-order chi connectivity index (χ0) is 19.8. The Balaban J connectivity index is 1.84. The molecule has 0 spiro atoms. The van der Waals surface area contributed by atoms with Gasteiger partial charge in [-0.05, 0) is 29.5 Å². The number of nitriles is 2. The van der Waals surface area contributed by atoms with Gasteiger partial charge in [-0.1, -0.05) is 49.9 Å². The lowest BCUT2D eigenvalue weighted by Gasteiger charge is -2.08. The predicted molar refractivity (Wildman–Crippen MR) is 105 cm³/mol. The molecule has 2 rings (SSSR count). The van der Waals surface area contributed by atoms with Gasteiger partial charge in [0.2, 0.25) is 5.91 Å². The molecule has 1 aromatic heterocycles. The standard InChI is InChI=1S/C20H21N5OS/c1-13(2)15-5-3-14(4-6-15)7-8-24-18(26)12-27-20-17(11-22)9-16(10-21)19(23)25-20/h3-6,9,13H,7-8,12H2,1-2H3,(H2,23,25)(H,24,26)/p+1. The van der Waals surface area contributed by atoms with Crippen molar-refractivity contribution in [2.75, 3.05) is 18.0 Å². The molecule has 27 heavy (non-hydrogen) atoms. The second-order valence-corrected chi connectivity index (χ2v) is 7.33. The number of amides is 1. The number of H-pyrrole nitrogens is 1. The number of hydrogen-bond acceptors (Lipinski definition) is 5. The third-order valence-corrected chi connectivity index (χ3v) is 5.06. The van der Waals surface area contributed by atoms with Crippen LogP contribution in [0.15, 0.2) is 35.4 Å². The van der Waals surface area contributed by atoms with Crippen LogP contribution in [0.4, 0.5) is 5.82 Å². The number of nitrogens with zero attached hydrogens (tertiary/aromatic N) is 2. The number of aromatic nitrogens is 1. The van der Waals surface area contributed by atoms with E-state index in [2.05, 4.69) is 48.4 Å². The van der Waals surface area contributed by atoms with Crippen LogP contribution in [0, 0.1) is 22.7 Å². The van der Waals surface area contributed by atoms with E-state index in [0.717, 1.165) is 6.42 Å². The number of aromatic amines is 1. The maximum atomic E-state index is 12.0. The Morgan fingerprint density at radius 3 is 2.48 bits per heavy atom. The van der Waals surface area contributed by atoms with Crippen molar-refractivity contribution in [2.24, 2.45) is 0 Å². The number of pyridine rings is 1. The van der Waals surface area contributed by atoms with Crippen molar-refractivity contribution in [3.05, 3.63) is 52.6 Å². The summed E-state index contributed by atoms with van der Waals surface area (Å²) >= 11 is 1.18. The Morgan fingerprint density at radius 2 is 1.89 bits per heavy atom. The zero-order valence-corrected chi connectivity index (χ0v) is 16.2. The molecule has 0 atom stereocenters. The SMILES string of the molecule is CC(C)c1ccc(CCNC(=O)CSc2[nH+]c(N)c(C#N)cc2C#N)cc1. The summed E-state index contributed by atoms with van der Waals surface area (Å²) in [4.78, 5) is 14.9. The minimum Gasteiger partial charge on any atom is -0.355 e. The highest BCUT2D eigenvalue weighted by Gasteiger charge is 2.15. The molecule has 0 aliphatic heterocycles. The molecule has 0 aliphatic carbocycles. The van der Waals surface area contributed by atoms with Crippen LogP contribution in [0.5, 0.6) is 0 Å². The third-order valence-electron chi connectivity index (χ3n) is 4.04. The van der Waals surface area contributed by atoms with Crippen molar-refractivity contribution < 1.29 is 9.78 Å². The van der Waals surface area contributed by atoms with Gasteiger partial charge in [-0.25, -0.2) is 4.98 Å². The first-order valence-electron chi connectivity index (χ1n) is 8.59. The van der Waals surface area contributed by atoms with Gasteiger partial charge in [0, 0.05) is 6.54 Å². The van der Waals surface area contributed by atoms with Gasteiger partial charge >= 0.3 is 0 Å². The van der Waals surface area contributed by atoms with E-state index in [0.29, 0.717) is 23.1 Å². The molecule has 0 radical (unpaired) electrons. The molecule has 2 aromatic rings. The first-order chi connectivity index (χ1) is 12.9. The number of hydrogen-bond donors (Lipinski definition) is 2. The molecule has 1 aromatic carbocycles. The topological polar surface area (TPSA) is 117 Å². The molecule has 6 nitrogen and oxygen atoms in total. The number of anilines is 1. The fourth-order valence-corrected chi connectivity index (χ4v) is 3.26. The number of carbonyl (C=O) groups is 1. The minimum absolute atomic E-state index is 0.126. The van der Waals surface area contributed by atoms with Crippen molar-refractivity contribution in [3.63, 3.8) is 0 Å². The van der Waals surface area contributed by atoms with Crippen molar-refractivity contribution in [1.82, 2.24) is 5.32 Å². The van der Waals surface area contributed by atoms with Crippen LogP contribution in [0.1, 0.15) is 42.0 Å². The van der Waals surface area contributed by atoms with Gasteiger partial charge in [-0.15, -0.1) is 0 Å². The number of thioether (sulfide) groups is 1. The van der Waals surface area contributed by atoms with Gasteiger partial charge in [-0.2, -0.15) is 10.5 Å². The Morgan fingerprint density at radius 1 is 1.22 bits per heavy atom. The first kappa shape index (κ1) is 20.3. The quantitative estimate of drug-likeness (QED) is 0.715. The van der Waals surface area contributed by atoms with E-state index in [1.807, 2.05) is 12.1 Å². The second-order valence-electron chi connectivity index (χ2n) is 6.35. The van der Waals surface area contributed by atoms with E-state index in [1.54, 1.807) is 0 Å². The average Bonchev–Trinajstić information content (AvgIpc) is 2.66. The summed E-state index contributed by atoms with van der Waals surface area (Å²) in [6.45, 7) is 4.86. The van der Waals surface area contributed by atoms with Crippen molar-refractivity contribution in [3.8, 4) is 12.1 Å². The summed E-state index contributed by atoms with van der Waals surface area (Å²) < 4.78 is 0. The smallest absolute Gasteiger partial charge is 0.289 e. The molecular weight excluding hydrogens is 358 g/mol. The Labute approximate surface area is 163 Å². The lowest BCUT2D eigenvalue weighted by atomic mass is 10.0. The summed E-state index contributed by atoms with van der Waals surface area (Å²) in [5.41, 5.74) is 8.71. The van der Waals surface area contributed by atoms with Crippen LogP contribution in [0.25, 0.3) is 0 Å².